The van der Waals surface area contributed by atoms with Crippen LogP contribution in [0.5, 0.6) is 11.5 Å². The Balaban J connectivity index is 2.12. The van der Waals surface area contributed by atoms with Gasteiger partial charge in [-0.3, -0.25) is 0 Å². The molecule has 3 rings (SSSR count). The molecular formula is C23H34O4. The molecule has 1 N–H and O–H groups in total. The number of rotatable bonds is 5. The van der Waals surface area contributed by atoms with Gasteiger partial charge in [0.25, 0.3) is 0 Å². The smallest absolute Gasteiger partial charge is 0.341 e. The highest BCUT2D eigenvalue weighted by molar-refractivity contribution is 5.95. The number of esters is 1. The third-order valence-electron chi connectivity index (χ3n) is 6.48. The Morgan fingerprint density at radius 1 is 1.41 bits per heavy atom. The van der Waals surface area contributed by atoms with E-state index in [4.69, 9.17) is 13.6 Å². The van der Waals surface area contributed by atoms with Crippen molar-refractivity contribution in [3.05, 3.63) is 22.8 Å². The quantitative estimate of drug-likeness (QED) is 0.536. The molecule has 4 heteroatoms. The molecule has 1 aliphatic carbocycles. The van der Waals surface area contributed by atoms with Gasteiger partial charge in [0.05, 0.1) is 11.2 Å². The largest absolute Gasteiger partial charge is 0.507 e. The van der Waals surface area contributed by atoms with Crippen LogP contribution >= 0.6 is 0 Å². The van der Waals surface area contributed by atoms with E-state index in [0.717, 1.165) is 38.5 Å². The monoisotopic (exact) mass is 377 g/mol. The third kappa shape index (κ3) is 3.68. The molecule has 1 aromatic carbocycles. The first kappa shape index (κ1) is 16.3. The number of unbranched alkanes of at least 4 members (excludes halogenated alkanes) is 2. The zero-order valence-corrected chi connectivity index (χ0v) is 16.9. The van der Waals surface area contributed by atoms with Crippen molar-refractivity contribution in [1.29, 1.82) is 0 Å². The topological polar surface area (TPSA) is 55.8 Å². The van der Waals surface area contributed by atoms with Crippen LogP contribution in [-0.2, 0) is 11.2 Å². The first-order valence-corrected chi connectivity index (χ1v) is 10.3. The number of hydrogen-bond acceptors (Lipinski definition) is 4. The van der Waals surface area contributed by atoms with Gasteiger partial charge in [-0.2, -0.15) is 0 Å². The summed E-state index contributed by atoms with van der Waals surface area (Å²) in [4.78, 5) is 12.8. The van der Waals surface area contributed by atoms with E-state index in [1.54, 1.807) is 0 Å². The second kappa shape index (κ2) is 7.73. The van der Waals surface area contributed by atoms with Crippen LogP contribution in [0, 0.1) is 11.8 Å². The zero-order valence-electron chi connectivity index (χ0n) is 19.9. The molecule has 1 aliphatic heterocycles. The highest BCUT2D eigenvalue weighted by Gasteiger charge is 2.48. The highest BCUT2D eigenvalue weighted by atomic mass is 16.5. The number of ether oxygens (including phenoxy) is 2. The van der Waals surface area contributed by atoms with Crippen LogP contribution in [0.3, 0.4) is 0 Å². The van der Waals surface area contributed by atoms with Gasteiger partial charge in [0, 0.05) is 11.5 Å². The Hall–Kier alpha value is -1.71. The van der Waals surface area contributed by atoms with E-state index in [2.05, 4.69) is 27.7 Å². The molecule has 2 aliphatic rings. The van der Waals surface area contributed by atoms with Crippen molar-refractivity contribution in [1.82, 2.24) is 0 Å². The van der Waals surface area contributed by atoms with E-state index in [0.29, 0.717) is 29.2 Å². The Labute approximate surface area is 167 Å². The highest BCUT2D eigenvalue weighted by Crippen LogP contribution is 2.56. The summed E-state index contributed by atoms with van der Waals surface area (Å²) < 4.78 is 33.0. The van der Waals surface area contributed by atoms with Crippen LogP contribution in [0.25, 0.3) is 0 Å². The Bertz CT molecular complexity index is 801. The molecule has 1 saturated carbocycles. The van der Waals surface area contributed by atoms with Crippen LogP contribution < -0.4 is 4.74 Å². The summed E-state index contributed by atoms with van der Waals surface area (Å²) in [6, 6.07) is 1.83. The molecule has 27 heavy (non-hydrogen) atoms. The molecule has 0 saturated heterocycles. The van der Waals surface area contributed by atoms with Crippen molar-refractivity contribution in [2.24, 2.45) is 11.8 Å². The van der Waals surface area contributed by atoms with Gasteiger partial charge in [0.2, 0.25) is 0 Å². The fourth-order valence-electron chi connectivity index (χ4n) is 5.09. The van der Waals surface area contributed by atoms with Crippen LogP contribution in [0.15, 0.2) is 6.07 Å². The molecule has 150 valence electrons. The molecule has 1 heterocycles. The number of phenolic OH excluding ortho intramolecular Hbond substituents is 1. The number of hydrogen-bond donors (Lipinski definition) is 1. The molecule has 0 bridgehead atoms. The maximum absolute atomic E-state index is 12.8. The summed E-state index contributed by atoms with van der Waals surface area (Å²) >= 11 is 0. The maximum atomic E-state index is 12.8. The fraction of sp³-hybridized carbons (Fsp3) is 0.696. The third-order valence-corrected chi connectivity index (χ3v) is 6.48. The van der Waals surface area contributed by atoms with Crippen molar-refractivity contribution in [2.45, 2.75) is 84.2 Å². The lowest BCUT2D eigenvalue weighted by Crippen LogP contribution is -2.46. The molecule has 0 aromatic heterocycles. The fourth-order valence-corrected chi connectivity index (χ4v) is 5.09. The number of aromatic hydroxyl groups is 1. The molecule has 0 radical (unpaired) electrons. The minimum absolute atomic E-state index is 0.0127. The van der Waals surface area contributed by atoms with Gasteiger partial charge in [0.15, 0.2) is 0 Å². The normalized spacial score (nSPS) is 28.0. The SMILES string of the molecule is [2H]C([2H])([2H])OC(=O)c1c(CCCCC)cc2c(c1O)C1CC(C)CCC1C(C)(C)O2. The average molecular weight is 378 g/mol. The van der Waals surface area contributed by atoms with E-state index < -0.39 is 13.0 Å². The summed E-state index contributed by atoms with van der Waals surface area (Å²) in [6.45, 7) is 8.48. The van der Waals surface area contributed by atoms with Gasteiger partial charge in [-0.25, -0.2) is 4.79 Å². The maximum Gasteiger partial charge on any atom is 0.341 e. The number of aryl methyl sites for hydroxylation is 1. The number of carbonyl (C=O) groups excluding carboxylic acids is 1. The number of phenols is 1. The number of methoxy groups -OCH3 is 1. The standard InChI is InChI=1S/C23H34O4/c1-6-7-8-9-15-13-18-20(21(24)19(15)22(25)26-5)16-12-14(2)10-11-17(16)23(3,4)27-18/h13-14,16-17,24H,6-12H2,1-5H3/i5D3. The minimum Gasteiger partial charge on any atom is -0.507 e. The van der Waals surface area contributed by atoms with E-state index in [-0.39, 0.29) is 28.7 Å². The summed E-state index contributed by atoms with van der Waals surface area (Å²) in [6.07, 6.45) is 6.36. The summed E-state index contributed by atoms with van der Waals surface area (Å²) in [5.41, 5.74) is 0.849. The summed E-state index contributed by atoms with van der Waals surface area (Å²) in [5, 5.41) is 11.3. The van der Waals surface area contributed by atoms with Crippen molar-refractivity contribution < 1.29 is 23.5 Å². The average Bonchev–Trinajstić information content (AvgIpc) is 2.59. The predicted molar refractivity (Wildman–Crippen MR) is 107 cm³/mol. The van der Waals surface area contributed by atoms with E-state index in [1.807, 2.05) is 6.07 Å². The van der Waals surface area contributed by atoms with Gasteiger partial charge in [-0.05, 0) is 63.0 Å². The Morgan fingerprint density at radius 3 is 2.89 bits per heavy atom. The lowest BCUT2D eigenvalue weighted by molar-refractivity contribution is -0.0146. The van der Waals surface area contributed by atoms with Crippen LogP contribution in [0.1, 0.15) is 97.7 Å². The molecule has 1 fully saturated rings. The van der Waals surface area contributed by atoms with Gasteiger partial charge in [-0.15, -0.1) is 0 Å². The predicted octanol–water partition coefficient (Wildman–Crippen LogP) is 5.60. The lowest BCUT2D eigenvalue weighted by Gasteiger charge is -2.49. The first-order valence-electron chi connectivity index (χ1n) is 11.8. The molecule has 3 unspecified atom stereocenters. The lowest BCUT2D eigenvalue weighted by atomic mass is 9.64. The van der Waals surface area contributed by atoms with Crippen molar-refractivity contribution in [3.8, 4) is 11.5 Å². The second-order valence-electron chi connectivity index (χ2n) is 8.85. The van der Waals surface area contributed by atoms with Gasteiger partial charge < -0.3 is 14.6 Å². The number of fused-ring (bicyclic) bond motifs is 3. The molecule has 3 atom stereocenters. The summed E-state index contributed by atoms with van der Waals surface area (Å²) in [7, 11) is -2.86. The van der Waals surface area contributed by atoms with Crippen molar-refractivity contribution in [2.75, 3.05) is 7.04 Å². The molecule has 0 amide bonds. The van der Waals surface area contributed by atoms with Crippen molar-refractivity contribution >= 4 is 5.97 Å². The number of carbonyl (C=O) groups is 1. The molecule has 1 aromatic rings. The Morgan fingerprint density at radius 2 is 2.19 bits per heavy atom. The van der Waals surface area contributed by atoms with Crippen molar-refractivity contribution in [3.63, 3.8) is 0 Å². The molecule has 0 spiro atoms. The van der Waals surface area contributed by atoms with E-state index in [9.17, 15) is 9.90 Å². The van der Waals surface area contributed by atoms with Crippen LogP contribution in [0.2, 0.25) is 0 Å². The number of benzene rings is 1. The van der Waals surface area contributed by atoms with Crippen LogP contribution in [0.4, 0.5) is 0 Å². The van der Waals surface area contributed by atoms with Gasteiger partial charge in [-0.1, -0.05) is 33.1 Å². The van der Waals surface area contributed by atoms with Crippen LogP contribution in [-0.4, -0.2) is 23.7 Å². The Kier molecular flexibility index (Phi) is 4.65. The van der Waals surface area contributed by atoms with E-state index in [1.165, 1.54) is 0 Å². The van der Waals surface area contributed by atoms with E-state index >= 15 is 0 Å². The zero-order chi connectivity index (χ0) is 22.3. The minimum atomic E-state index is -2.86. The summed E-state index contributed by atoms with van der Waals surface area (Å²) in [5.74, 6) is 0.264. The van der Waals surface area contributed by atoms with Gasteiger partial charge in [0.1, 0.15) is 22.7 Å². The van der Waals surface area contributed by atoms with Gasteiger partial charge >= 0.3 is 5.97 Å². The second-order valence-corrected chi connectivity index (χ2v) is 8.85. The first-order chi connectivity index (χ1) is 13.9. The molecular weight excluding hydrogens is 340 g/mol. The molecule has 4 nitrogen and oxygen atoms in total.